The fraction of sp³-hybridized carbons (Fsp3) is 0.455. The van der Waals surface area contributed by atoms with Crippen LogP contribution in [0.15, 0.2) is 39.9 Å². The van der Waals surface area contributed by atoms with Gasteiger partial charge in [-0.15, -0.1) is 0 Å². The predicted molar refractivity (Wildman–Crippen MR) is 114 cm³/mol. The van der Waals surface area contributed by atoms with Crippen molar-refractivity contribution < 1.29 is 17.7 Å². The average molecular weight is 460 g/mol. The van der Waals surface area contributed by atoms with E-state index in [4.69, 9.17) is 4.52 Å². The summed E-state index contributed by atoms with van der Waals surface area (Å²) in [5, 5.41) is 8.30. The van der Waals surface area contributed by atoms with E-state index in [1.165, 1.54) is 23.6 Å². The second-order valence-electron chi connectivity index (χ2n) is 8.46. The highest BCUT2D eigenvalue weighted by Crippen LogP contribution is 2.31. The predicted octanol–water partition coefficient (Wildman–Crippen LogP) is 2.95. The van der Waals surface area contributed by atoms with Crippen LogP contribution in [-0.2, 0) is 12.7 Å². The third kappa shape index (κ3) is 4.50. The summed E-state index contributed by atoms with van der Waals surface area (Å²) in [7, 11) is 0. The van der Waals surface area contributed by atoms with Gasteiger partial charge in [-0.3, -0.25) is 14.7 Å². The Labute approximate surface area is 187 Å². The number of hydrogen-bond donors (Lipinski definition) is 0. The van der Waals surface area contributed by atoms with Crippen LogP contribution >= 0.6 is 0 Å². The first-order valence-electron chi connectivity index (χ1n) is 10.8. The second kappa shape index (κ2) is 8.29. The van der Waals surface area contributed by atoms with Crippen LogP contribution in [0, 0.1) is 6.92 Å². The minimum Gasteiger partial charge on any atom is -0.368 e. The molecule has 1 saturated heterocycles. The van der Waals surface area contributed by atoms with Crippen molar-refractivity contribution in [3.63, 3.8) is 0 Å². The van der Waals surface area contributed by atoms with Crippen molar-refractivity contribution in [2.75, 3.05) is 31.1 Å². The van der Waals surface area contributed by atoms with E-state index >= 15 is 0 Å². The number of nitrogens with zero attached hydrogens (tertiary/aromatic N) is 6. The molecule has 0 amide bonds. The first-order valence-corrected chi connectivity index (χ1v) is 10.8. The first-order chi connectivity index (χ1) is 15.8. The highest BCUT2D eigenvalue weighted by Gasteiger charge is 2.33. The van der Waals surface area contributed by atoms with E-state index in [9.17, 15) is 18.0 Å². The molecule has 5 rings (SSSR count). The normalized spacial score (nSPS) is 17.5. The molecule has 3 aromatic rings. The summed E-state index contributed by atoms with van der Waals surface area (Å²) in [4.78, 5) is 20.9. The molecule has 1 saturated carbocycles. The third-order valence-corrected chi connectivity index (χ3v) is 6.22. The number of piperazine rings is 1. The van der Waals surface area contributed by atoms with Gasteiger partial charge in [0.2, 0.25) is 0 Å². The largest absolute Gasteiger partial charge is 0.433 e. The van der Waals surface area contributed by atoms with Gasteiger partial charge in [0.05, 0.1) is 18.4 Å². The molecule has 1 aliphatic carbocycles. The second-order valence-corrected chi connectivity index (χ2v) is 8.46. The number of aryl methyl sites for hydroxylation is 1. The highest BCUT2D eigenvalue weighted by atomic mass is 19.4. The molecule has 174 valence electrons. The molecule has 33 heavy (non-hydrogen) atoms. The fourth-order valence-electron chi connectivity index (χ4n) is 4.16. The van der Waals surface area contributed by atoms with E-state index in [0.29, 0.717) is 22.6 Å². The van der Waals surface area contributed by atoms with Crippen LogP contribution in [0.2, 0.25) is 0 Å². The summed E-state index contributed by atoms with van der Waals surface area (Å²) in [6, 6.07) is 4.49. The number of halogens is 3. The summed E-state index contributed by atoms with van der Waals surface area (Å²) in [5.41, 5.74) is 0.808. The maximum Gasteiger partial charge on any atom is 0.433 e. The Bertz CT molecular complexity index is 1190. The van der Waals surface area contributed by atoms with Crippen molar-refractivity contribution in [3.05, 3.63) is 58.0 Å². The van der Waals surface area contributed by atoms with Gasteiger partial charge in [0.1, 0.15) is 17.1 Å². The van der Waals surface area contributed by atoms with Crippen molar-refractivity contribution in [1.82, 2.24) is 24.8 Å². The minimum absolute atomic E-state index is 0.0836. The molecule has 4 heterocycles. The van der Waals surface area contributed by atoms with E-state index in [2.05, 4.69) is 25.0 Å². The van der Waals surface area contributed by atoms with Gasteiger partial charge in [-0.2, -0.15) is 18.3 Å². The minimum atomic E-state index is -4.52. The smallest absolute Gasteiger partial charge is 0.368 e. The van der Waals surface area contributed by atoms with E-state index in [1.54, 1.807) is 19.2 Å². The first kappa shape index (κ1) is 21.6. The van der Waals surface area contributed by atoms with Gasteiger partial charge in [-0.25, -0.2) is 4.68 Å². The molecule has 0 N–H and O–H groups in total. The Kier molecular flexibility index (Phi) is 5.43. The lowest BCUT2D eigenvalue weighted by atomic mass is 10.1. The van der Waals surface area contributed by atoms with Gasteiger partial charge >= 0.3 is 6.18 Å². The third-order valence-electron chi connectivity index (χ3n) is 6.22. The van der Waals surface area contributed by atoms with Gasteiger partial charge in [0.15, 0.2) is 0 Å². The SMILES string of the molecule is Cc1onc(-c2ccc(C(F)(F)F)nc2)c1Cn1ncc(N2CCN(C3CC3)CC2)cc1=O. The molecule has 0 spiro atoms. The van der Waals surface area contributed by atoms with E-state index in [0.717, 1.165) is 50.2 Å². The van der Waals surface area contributed by atoms with Crippen LogP contribution in [0.25, 0.3) is 11.3 Å². The molecule has 0 radical (unpaired) electrons. The molecule has 8 nitrogen and oxygen atoms in total. The van der Waals surface area contributed by atoms with Gasteiger partial charge in [-0.1, -0.05) is 5.16 Å². The van der Waals surface area contributed by atoms with Crippen molar-refractivity contribution in [3.8, 4) is 11.3 Å². The zero-order valence-electron chi connectivity index (χ0n) is 18.0. The lowest BCUT2D eigenvalue weighted by Crippen LogP contribution is -2.47. The molecule has 3 aromatic heterocycles. The van der Waals surface area contributed by atoms with Gasteiger partial charge in [0, 0.05) is 55.6 Å². The van der Waals surface area contributed by atoms with Crippen LogP contribution in [0.1, 0.15) is 29.9 Å². The standard InChI is InChI=1S/C22H23F3N6O2/c1-14-18(21(28-33-14)15-2-5-19(26-11-15)22(23,24)25)13-31-20(32)10-17(12-27-31)30-8-6-29(7-9-30)16-3-4-16/h2,5,10-12,16H,3-4,6-9,13H2,1H3. The Morgan fingerprint density at radius 3 is 2.48 bits per heavy atom. The number of alkyl halides is 3. The van der Waals surface area contributed by atoms with Crippen LogP contribution in [-0.4, -0.2) is 57.0 Å². The maximum atomic E-state index is 12.8. The number of anilines is 1. The molecular formula is C22H23F3N6O2. The highest BCUT2D eigenvalue weighted by molar-refractivity contribution is 5.62. The maximum absolute atomic E-state index is 12.8. The summed E-state index contributed by atoms with van der Waals surface area (Å²) in [6.45, 7) is 5.45. The topological polar surface area (TPSA) is 80.3 Å². The Morgan fingerprint density at radius 2 is 1.88 bits per heavy atom. The van der Waals surface area contributed by atoms with Crippen molar-refractivity contribution in [2.45, 2.75) is 38.5 Å². The number of aromatic nitrogens is 4. The van der Waals surface area contributed by atoms with E-state index in [1.807, 2.05) is 0 Å². The summed E-state index contributed by atoms with van der Waals surface area (Å²) < 4.78 is 45.0. The lowest BCUT2D eigenvalue weighted by Gasteiger charge is -2.35. The molecular weight excluding hydrogens is 437 g/mol. The zero-order valence-corrected chi connectivity index (χ0v) is 18.0. The number of rotatable bonds is 5. The van der Waals surface area contributed by atoms with Gasteiger partial charge in [0.25, 0.3) is 5.56 Å². The monoisotopic (exact) mass is 460 g/mol. The molecule has 11 heteroatoms. The van der Waals surface area contributed by atoms with Crippen LogP contribution < -0.4 is 10.5 Å². The fourth-order valence-corrected chi connectivity index (χ4v) is 4.16. The van der Waals surface area contributed by atoms with Crippen molar-refractivity contribution in [2.24, 2.45) is 0 Å². The molecule has 0 bridgehead atoms. The van der Waals surface area contributed by atoms with Crippen LogP contribution in [0.4, 0.5) is 18.9 Å². The Morgan fingerprint density at radius 1 is 1.12 bits per heavy atom. The average Bonchev–Trinajstić information content (AvgIpc) is 3.59. The van der Waals surface area contributed by atoms with E-state index < -0.39 is 11.9 Å². The lowest BCUT2D eigenvalue weighted by molar-refractivity contribution is -0.141. The molecule has 2 fully saturated rings. The Hall–Kier alpha value is -3.21. The molecule has 1 aliphatic heterocycles. The quantitative estimate of drug-likeness (QED) is 0.579. The molecule has 0 unspecified atom stereocenters. The summed E-state index contributed by atoms with van der Waals surface area (Å²) in [5.74, 6) is 0.457. The summed E-state index contributed by atoms with van der Waals surface area (Å²) in [6.07, 6.45) is 0.819. The summed E-state index contributed by atoms with van der Waals surface area (Å²) >= 11 is 0. The van der Waals surface area contributed by atoms with Crippen LogP contribution in [0.3, 0.4) is 0 Å². The van der Waals surface area contributed by atoms with E-state index in [-0.39, 0.29) is 12.1 Å². The molecule has 0 aromatic carbocycles. The van der Waals surface area contributed by atoms with Crippen molar-refractivity contribution >= 4 is 5.69 Å². The molecule has 0 atom stereocenters. The van der Waals surface area contributed by atoms with Crippen LogP contribution in [0.5, 0.6) is 0 Å². The van der Waals surface area contributed by atoms with Gasteiger partial charge in [-0.05, 0) is 31.9 Å². The number of hydrogen-bond acceptors (Lipinski definition) is 7. The molecule has 2 aliphatic rings. The zero-order chi connectivity index (χ0) is 23.2. The Balaban J connectivity index is 1.33. The van der Waals surface area contributed by atoms with Crippen molar-refractivity contribution in [1.29, 1.82) is 0 Å². The van der Waals surface area contributed by atoms with Gasteiger partial charge < -0.3 is 9.42 Å². The number of pyridine rings is 1.